The predicted molar refractivity (Wildman–Crippen MR) is 71.2 cm³/mol. The van der Waals surface area contributed by atoms with E-state index < -0.39 is 0 Å². The molecule has 0 unspecified atom stereocenters. The molecular weight excluding hydrogens is 307 g/mol. The molecule has 0 aliphatic heterocycles. The van der Waals surface area contributed by atoms with Gasteiger partial charge in [0.15, 0.2) is 5.16 Å². The standard InChI is InChI=1S/C10H10N2S.HI/c1-13-10-11-7-9(12-10)8-5-3-2-4-6-8;/h2-7H,1H3,(H,11,12);1H. The van der Waals surface area contributed by atoms with Gasteiger partial charge in [0, 0.05) is 0 Å². The molecule has 0 amide bonds. The second-order valence-electron chi connectivity index (χ2n) is 2.67. The van der Waals surface area contributed by atoms with Crippen molar-refractivity contribution in [1.82, 2.24) is 9.97 Å². The number of thioether (sulfide) groups is 1. The average Bonchev–Trinajstić information content (AvgIpc) is 2.67. The molecule has 0 saturated carbocycles. The number of halogens is 1. The maximum absolute atomic E-state index is 4.22. The summed E-state index contributed by atoms with van der Waals surface area (Å²) >= 11 is 1.62. The molecule has 2 aromatic rings. The van der Waals surface area contributed by atoms with Gasteiger partial charge in [-0.2, -0.15) is 0 Å². The lowest BCUT2D eigenvalue weighted by molar-refractivity contribution is 1.06. The van der Waals surface area contributed by atoms with Crippen LogP contribution in [0.5, 0.6) is 0 Å². The van der Waals surface area contributed by atoms with Crippen LogP contribution < -0.4 is 0 Å². The Morgan fingerprint density at radius 2 is 1.93 bits per heavy atom. The Hall–Kier alpha value is -0.490. The number of hydrogen-bond donors (Lipinski definition) is 1. The molecule has 1 aromatic carbocycles. The molecular formula is C10H11IN2S. The van der Waals surface area contributed by atoms with Crippen molar-refractivity contribution >= 4 is 35.7 Å². The fourth-order valence-corrected chi connectivity index (χ4v) is 1.54. The van der Waals surface area contributed by atoms with Crippen LogP contribution >= 0.6 is 35.7 Å². The van der Waals surface area contributed by atoms with Crippen molar-refractivity contribution in [3.63, 3.8) is 0 Å². The summed E-state index contributed by atoms with van der Waals surface area (Å²) in [5.74, 6) is 0. The summed E-state index contributed by atoms with van der Waals surface area (Å²) in [6.45, 7) is 0. The second-order valence-corrected chi connectivity index (χ2v) is 3.47. The summed E-state index contributed by atoms with van der Waals surface area (Å²) < 4.78 is 0. The van der Waals surface area contributed by atoms with Gasteiger partial charge in [-0.3, -0.25) is 0 Å². The van der Waals surface area contributed by atoms with E-state index >= 15 is 0 Å². The number of nitrogens with one attached hydrogen (secondary N) is 1. The van der Waals surface area contributed by atoms with E-state index in [0.29, 0.717) is 0 Å². The van der Waals surface area contributed by atoms with Crippen LogP contribution in [0.1, 0.15) is 0 Å². The number of aromatic amines is 1. The minimum atomic E-state index is 0. The molecule has 2 rings (SSSR count). The summed E-state index contributed by atoms with van der Waals surface area (Å²) in [5, 5.41) is 0.957. The van der Waals surface area contributed by atoms with Crippen LogP contribution in [0.15, 0.2) is 41.7 Å². The molecule has 74 valence electrons. The quantitative estimate of drug-likeness (QED) is 0.679. The van der Waals surface area contributed by atoms with Crippen molar-refractivity contribution in [3.8, 4) is 11.3 Å². The monoisotopic (exact) mass is 318 g/mol. The highest BCUT2D eigenvalue weighted by molar-refractivity contribution is 14.0. The number of benzene rings is 1. The molecule has 0 saturated heterocycles. The van der Waals surface area contributed by atoms with E-state index in [1.165, 1.54) is 5.56 Å². The third-order valence-corrected chi connectivity index (χ3v) is 2.42. The first-order valence-corrected chi connectivity index (χ1v) is 5.27. The summed E-state index contributed by atoms with van der Waals surface area (Å²) in [6, 6.07) is 10.2. The average molecular weight is 318 g/mol. The topological polar surface area (TPSA) is 28.7 Å². The van der Waals surface area contributed by atoms with Gasteiger partial charge in [-0.1, -0.05) is 42.1 Å². The Balaban J connectivity index is 0.000000980. The van der Waals surface area contributed by atoms with E-state index in [1.807, 2.05) is 30.7 Å². The van der Waals surface area contributed by atoms with Gasteiger partial charge in [-0.05, 0) is 11.8 Å². The van der Waals surface area contributed by atoms with E-state index in [-0.39, 0.29) is 24.0 Å². The lowest BCUT2D eigenvalue weighted by Gasteiger charge is -1.94. The van der Waals surface area contributed by atoms with Gasteiger partial charge >= 0.3 is 0 Å². The number of hydrogen-bond acceptors (Lipinski definition) is 2. The minimum absolute atomic E-state index is 0. The number of imidazole rings is 1. The van der Waals surface area contributed by atoms with Crippen LogP contribution in [0.4, 0.5) is 0 Å². The van der Waals surface area contributed by atoms with Gasteiger partial charge < -0.3 is 4.98 Å². The van der Waals surface area contributed by atoms with Crippen LogP contribution in [0.2, 0.25) is 0 Å². The molecule has 2 nitrogen and oxygen atoms in total. The summed E-state index contributed by atoms with van der Waals surface area (Å²) in [6.07, 6.45) is 3.87. The fourth-order valence-electron chi connectivity index (χ4n) is 1.17. The highest BCUT2D eigenvalue weighted by Gasteiger charge is 2.00. The summed E-state index contributed by atoms with van der Waals surface area (Å²) in [7, 11) is 0. The van der Waals surface area contributed by atoms with Crippen molar-refractivity contribution in [2.24, 2.45) is 0 Å². The molecule has 0 aliphatic carbocycles. The number of nitrogens with zero attached hydrogens (tertiary/aromatic N) is 1. The molecule has 0 radical (unpaired) electrons. The molecule has 1 aromatic heterocycles. The molecule has 0 fully saturated rings. The molecule has 0 spiro atoms. The third-order valence-electron chi connectivity index (χ3n) is 1.83. The molecule has 0 bridgehead atoms. The van der Waals surface area contributed by atoms with Gasteiger partial charge in [0.25, 0.3) is 0 Å². The Kier molecular flexibility index (Phi) is 4.47. The van der Waals surface area contributed by atoms with Crippen molar-refractivity contribution in [3.05, 3.63) is 36.5 Å². The third kappa shape index (κ3) is 2.51. The van der Waals surface area contributed by atoms with Gasteiger partial charge in [0.2, 0.25) is 0 Å². The minimum Gasteiger partial charge on any atom is -0.333 e. The Morgan fingerprint density at radius 1 is 1.21 bits per heavy atom. The Labute approximate surface area is 105 Å². The molecule has 1 N–H and O–H groups in total. The van der Waals surface area contributed by atoms with E-state index in [1.54, 1.807) is 11.8 Å². The Bertz CT molecular complexity index is 386. The predicted octanol–water partition coefficient (Wildman–Crippen LogP) is 3.42. The summed E-state index contributed by atoms with van der Waals surface area (Å²) in [4.78, 5) is 7.45. The molecule has 14 heavy (non-hydrogen) atoms. The number of H-pyrrole nitrogens is 1. The first kappa shape index (κ1) is 11.6. The fraction of sp³-hybridized carbons (Fsp3) is 0.100. The van der Waals surface area contributed by atoms with Crippen LogP contribution in [-0.4, -0.2) is 16.2 Å². The second kappa shape index (κ2) is 5.41. The maximum Gasteiger partial charge on any atom is 0.165 e. The smallest absolute Gasteiger partial charge is 0.165 e. The molecule has 0 aliphatic rings. The van der Waals surface area contributed by atoms with Gasteiger partial charge in [-0.25, -0.2) is 4.98 Å². The number of aromatic nitrogens is 2. The molecule has 0 atom stereocenters. The van der Waals surface area contributed by atoms with Crippen molar-refractivity contribution < 1.29 is 0 Å². The highest BCUT2D eigenvalue weighted by Crippen LogP contribution is 2.19. The lowest BCUT2D eigenvalue weighted by Crippen LogP contribution is -1.75. The zero-order valence-electron chi connectivity index (χ0n) is 7.73. The maximum atomic E-state index is 4.22. The Morgan fingerprint density at radius 3 is 2.50 bits per heavy atom. The van der Waals surface area contributed by atoms with E-state index in [9.17, 15) is 0 Å². The van der Waals surface area contributed by atoms with Crippen molar-refractivity contribution in [1.29, 1.82) is 0 Å². The molecule has 4 heteroatoms. The van der Waals surface area contributed by atoms with Crippen LogP contribution in [-0.2, 0) is 0 Å². The van der Waals surface area contributed by atoms with Crippen molar-refractivity contribution in [2.45, 2.75) is 5.16 Å². The number of rotatable bonds is 2. The van der Waals surface area contributed by atoms with Gasteiger partial charge in [0.1, 0.15) is 0 Å². The first-order chi connectivity index (χ1) is 6.40. The first-order valence-electron chi connectivity index (χ1n) is 4.04. The van der Waals surface area contributed by atoms with Gasteiger partial charge in [0.05, 0.1) is 11.9 Å². The largest absolute Gasteiger partial charge is 0.333 e. The van der Waals surface area contributed by atoms with Crippen molar-refractivity contribution in [2.75, 3.05) is 6.26 Å². The normalized spacial score (nSPS) is 9.50. The highest BCUT2D eigenvalue weighted by atomic mass is 127. The lowest BCUT2D eigenvalue weighted by atomic mass is 10.2. The van der Waals surface area contributed by atoms with Crippen LogP contribution in [0.3, 0.4) is 0 Å². The SMILES string of the molecule is CSc1ncc(-c2ccccc2)[nH]1.I. The summed E-state index contributed by atoms with van der Waals surface area (Å²) in [5.41, 5.74) is 2.25. The van der Waals surface area contributed by atoms with Gasteiger partial charge in [-0.15, -0.1) is 24.0 Å². The van der Waals surface area contributed by atoms with Crippen LogP contribution in [0, 0.1) is 0 Å². The van der Waals surface area contributed by atoms with E-state index in [4.69, 9.17) is 0 Å². The van der Waals surface area contributed by atoms with E-state index in [2.05, 4.69) is 22.1 Å². The van der Waals surface area contributed by atoms with Crippen LogP contribution in [0.25, 0.3) is 11.3 Å². The zero-order valence-corrected chi connectivity index (χ0v) is 10.9. The molecule has 1 heterocycles. The zero-order chi connectivity index (χ0) is 9.10. The van der Waals surface area contributed by atoms with E-state index in [0.717, 1.165) is 10.9 Å².